The average molecular weight is 319 g/mol. The number of nitrogens with zero attached hydrogens (tertiary/aromatic N) is 1. The lowest BCUT2D eigenvalue weighted by Crippen LogP contribution is -2.41. The van der Waals surface area contributed by atoms with Gasteiger partial charge in [0, 0.05) is 13.1 Å². The van der Waals surface area contributed by atoms with E-state index in [-0.39, 0.29) is 32.1 Å². The van der Waals surface area contributed by atoms with Crippen molar-refractivity contribution in [2.24, 2.45) is 5.73 Å². The van der Waals surface area contributed by atoms with Gasteiger partial charge in [0.25, 0.3) is 0 Å². The van der Waals surface area contributed by atoms with Crippen molar-refractivity contribution in [2.75, 3.05) is 32.8 Å². The summed E-state index contributed by atoms with van der Waals surface area (Å²) >= 11 is 0. The van der Waals surface area contributed by atoms with E-state index in [1.165, 1.54) is 4.90 Å². The largest absolute Gasteiger partial charge is 0.480 e. The van der Waals surface area contributed by atoms with Crippen LogP contribution in [-0.4, -0.2) is 76.9 Å². The molecule has 6 N–H and O–H groups in total. The first kappa shape index (κ1) is 20.3. The number of nitrogens with two attached hydrogens (primary N) is 1. The van der Waals surface area contributed by atoms with E-state index in [0.29, 0.717) is 25.8 Å². The van der Waals surface area contributed by atoms with Crippen molar-refractivity contribution in [3.8, 4) is 0 Å². The van der Waals surface area contributed by atoms with E-state index in [2.05, 4.69) is 5.32 Å². The smallest absolute Gasteiger partial charge is 0.320 e. The Morgan fingerprint density at radius 2 is 1.77 bits per heavy atom. The van der Waals surface area contributed by atoms with E-state index in [4.69, 9.17) is 21.1 Å². The summed E-state index contributed by atoms with van der Waals surface area (Å²) in [5.41, 5.74) is 5.36. The lowest BCUT2D eigenvalue weighted by molar-refractivity contribution is -0.139. The summed E-state index contributed by atoms with van der Waals surface area (Å²) in [6.07, 6.45) is 2.50. The quantitative estimate of drug-likeness (QED) is 0.256. The first-order chi connectivity index (χ1) is 10.4. The van der Waals surface area contributed by atoms with Gasteiger partial charge in [-0.05, 0) is 12.8 Å². The molecule has 0 aromatic rings. The Kier molecular flexibility index (Phi) is 11.0. The maximum Gasteiger partial charge on any atom is 0.320 e. The average Bonchev–Trinajstić information content (AvgIpc) is 2.41. The number of unbranched alkanes of at least 4 members (excludes halogenated alkanes) is 2. The van der Waals surface area contributed by atoms with Crippen LogP contribution in [0.15, 0.2) is 0 Å². The summed E-state index contributed by atoms with van der Waals surface area (Å²) in [5, 5.41) is 28.7. The van der Waals surface area contributed by atoms with Crippen LogP contribution in [0.25, 0.3) is 0 Å². The number of aliphatic hydroxyl groups is 1. The maximum absolute atomic E-state index is 11.6. The number of hydrogen-bond donors (Lipinski definition) is 5. The van der Waals surface area contributed by atoms with Crippen LogP contribution in [-0.2, 0) is 14.4 Å². The van der Waals surface area contributed by atoms with Gasteiger partial charge in [-0.2, -0.15) is 0 Å². The van der Waals surface area contributed by atoms with Crippen LogP contribution in [0.5, 0.6) is 0 Å². The number of aliphatic carboxylic acids is 2. The number of amides is 1. The minimum Gasteiger partial charge on any atom is -0.480 e. The number of carbonyl (C=O) groups is 3. The minimum absolute atomic E-state index is 0.0866. The molecule has 0 aromatic carbocycles. The topological polar surface area (TPSA) is 153 Å². The van der Waals surface area contributed by atoms with Gasteiger partial charge in [0.2, 0.25) is 5.91 Å². The third-order valence-corrected chi connectivity index (χ3v) is 2.97. The number of carboxylic acid groups (broad SMARTS) is 2. The molecule has 0 fully saturated rings. The molecule has 0 saturated carbocycles. The van der Waals surface area contributed by atoms with Crippen molar-refractivity contribution in [3.05, 3.63) is 0 Å². The number of nitrogens with one attached hydrogen (secondary N) is 1. The number of carboxylic acids is 2. The fraction of sp³-hybridized carbons (Fsp3) is 0.769. The molecule has 9 heteroatoms. The molecule has 1 unspecified atom stereocenters. The molecule has 0 aliphatic rings. The molecule has 0 saturated heterocycles. The molecular formula is C13H25N3O6. The predicted octanol–water partition coefficient (Wildman–Crippen LogP) is -1.55. The first-order valence-corrected chi connectivity index (χ1v) is 7.17. The minimum atomic E-state index is -1.06. The van der Waals surface area contributed by atoms with Gasteiger partial charge in [0.05, 0.1) is 19.7 Å². The van der Waals surface area contributed by atoms with Gasteiger partial charge in [-0.3, -0.25) is 19.3 Å². The molecule has 0 aliphatic carbocycles. The molecule has 9 nitrogen and oxygen atoms in total. The molecule has 0 spiro atoms. The summed E-state index contributed by atoms with van der Waals surface area (Å²) in [4.78, 5) is 34.0. The highest BCUT2D eigenvalue weighted by atomic mass is 16.4. The summed E-state index contributed by atoms with van der Waals surface area (Å²) in [7, 11) is 0. The molecule has 0 radical (unpaired) electrons. The van der Waals surface area contributed by atoms with Crippen LogP contribution in [0.4, 0.5) is 0 Å². The highest BCUT2D eigenvalue weighted by Crippen LogP contribution is 2.01. The van der Waals surface area contributed by atoms with Crippen LogP contribution in [0.2, 0.25) is 0 Å². The Morgan fingerprint density at radius 3 is 2.32 bits per heavy atom. The Hall–Kier alpha value is -1.71. The Morgan fingerprint density at radius 1 is 1.09 bits per heavy atom. The van der Waals surface area contributed by atoms with Gasteiger partial charge < -0.3 is 26.4 Å². The second kappa shape index (κ2) is 11.9. The number of hydrogen-bond acceptors (Lipinski definition) is 6. The third-order valence-electron chi connectivity index (χ3n) is 2.97. The van der Waals surface area contributed by atoms with Gasteiger partial charge in [-0.1, -0.05) is 12.8 Å². The van der Waals surface area contributed by atoms with Crippen molar-refractivity contribution in [1.29, 1.82) is 0 Å². The lowest BCUT2D eigenvalue weighted by Gasteiger charge is -2.18. The predicted molar refractivity (Wildman–Crippen MR) is 78.3 cm³/mol. The molecule has 0 aromatic heterocycles. The second-order valence-corrected chi connectivity index (χ2v) is 4.97. The first-order valence-electron chi connectivity index (χ1n) is 7.17. The fourth-order valence-corrected chi connectivity index (χ4v) is 1.82. The highest BCUT2D eigenvalue weighted by Gasteiger charge is 2.13. The second-order valence-electron chi connectivity index (χ2n) is 4.97. The standard InChI is InChI=1S/C13H25N3O6/c14-10(13(21)22)4-2-1-3-5-15-11(18)8-16(6-7-17)9-12(19)20/h10,17H,1-9,14H2,(H,15,18)(H,19,20)(H,21,22). The maximum atomic E-state index is 11.6. The van der Waals surface area contributed by atoms with E-state index < -0.39 is 18.0 Å². The van der Waals surface area contributed by atoms with Crippen molar-refractivity contribution in [1.82, 2.24) is 10.2 Å². The molecule has 1 amide bonds. The summed E-state index contributed by atoms with van der Waals surface area (Å²) in [5.74, 6) is -2.39. The van der Waals surface area contributed by atoms with Crippen LogP contribution < -0.4 is 11.1 Å². The van der Waals surface area contributed by atoms with E-state index in [9.17, 15) is 14.4 Å². The molecule has 22 heavy (non-hydrogen) atoms. The normalized spacial score (nSPS) is 12.1. The monoisotopic (exact) mass is 319 g/mol. The lowest BCUT2D eigenvalue weighted by atomic mass is 10.1. The number of rotatable bonds is 13. The Labute approximate surface area is 129 Å². The van der Waals surface area contributed by atoms with E-state index in [1.807, 2.05) is 0 Å². The van der Waals surface area contributed by atoms with E-state index >= 15 is 0 Å². The van der Waals surface area contributed by atoms with Gasteiger partial charge in [-0.15, -0.1) is 0 Å². The molecule has 0 rings (SSSR count). The molecule has 0 aliphatic heterocycles. The zero-order valence-electron chi connectivity index (χ0n) is 12.5. The third kappa shape index (κ3) is 11.0. The fourth-order valence-electron chi connectivity index (χ4n) is 1.82. The Bertz CT molecular complexity index is 364. The molecular weight excluding hydrogens is 294 g/mol. The van der Waals surface area contributed by atoms with Gasteiger partial charge >= 0.3 is 11.9 Å². The highest BCUT2D eigenvalue weighted by molar-refractivity contribution is 5.79. The van der Waals surface area contributed by atoms with Gasteiger partial charge in [0.1, 0.15) is 6.04 Å². The van der Waals surface area contributed by atoms with Gasteiger partial charge in [-0.25, -0.2) is 0 Å². The van der Waals surface area contributed by atoms with Crippen LogP contribution >= 0.6 is 0 Å². The van der Waals surface area contributed by atoms with Crippen molar-refractivity contribution in [3.63, 3.8) is 0 Å². The van der Waals surface area contributed by atoms with E-state index in [0.717, 1.165) is 6.42 Å². The molecule has 1 atom stereocenters. The SMILES string of the molecule is NC(CCCCCNC(=O)CN(CCO)CC(=O)O)C(=O)O. The molecule has 0 heterocycles. The van der Waals surface area contributed by atoms with Crippen molar-refractivity contribution < 1.29 is 29.7 Å². The van der Waals surface area contributed by atoms with Crippen LogP contribution in [0.3, 0.4) is 0 Å². The zero-order valence-corrected chi connectivity index (χ0v) is 12.5. The van der Waals surface area contributed by atoms with Gasteiger partial charge in [0.15, 0.2) is 0 Å². The summed E-state index contributed by atoms with van der Waals surface area (Å²) in [6.45, 7) is -0.0594. The summed E-state index contributed by atoms with van der Waals surface area (Å²) in [6, 6.07) is -0.849. The summed E-state index contributed by atoms with van der Waals surface area (Å²) < 4.78 is 0. The van der Waals surface area contributed by atoms with Crippen molar-refractivity contribution >= 4 is 17.8 Å². The molecule has 128 valence electrons. The van der Waals surface area contributed by atoms with Crippen LogP contribution in [0.1, 0.15) is 25.7 Å². The molecule has 0 bridgehead atoms. The zero-order chi connectivity index (χ0) is 17.0. The number of carbonyl (C=O) groups excluding carboxylic acids is 1. The van der Waals surface area contributed by atoms with Crippen molar-refractivity contribution in [2.45, 2.75) is 31.7 Å². The Balaban J connectivity index is 3.75. The van der Waals surface area contributed by atoms with E-state index in [1.54, 1.807) is 0 Å². The number of aliphatic hydroxyl groups excluding tert-OH is 1. The van der Waals surface area contributed by atoms with Crippen LogP contribution in [0, 0.1) is 0 Å².